The molecule has 0 saturated carbocycles. The third-order valence-corrected chi connectivity index (χ3v) is 5.23. The van der Waals surface area contributed by atoms with Crippen LogP contribution < -0.4 is 9.62 Å². The number of rotatable bonds is 10. The molecule has 6 nitrogen and oxygen atoms in total. The molecular formula is C19H26N2O4S. The van der Waals surface area contributed by atoms with Gasteiger partial charge in [0.2, 0.25) is 15.9 Å². The third-order valence-electron chi connectivity index (χ3n) is 4.05. The number of benzene rings is 1. The Bertz CT molecular complexity index is 801. The number of nitrogens with zero attached hydrogens (tertiary/aromatic N) is 1. The Hall–Kier alpha value is -2.28. The van der Waals surface area contributed by atoms with Crippen molar-refractivity contribution in [3.63, 3.8) is 0 Å². The number of carbonyl (C=O) groups is 1. The van der Waals surface area contributed by atoms with Crippen LogP contribution in [0.4, 0.5) is 5.69 Å². The van der Waals surface area contributed by atoms with Crippen molar-refractivity contribution in [2.24, 2.45) is 0 Å². The Kier molecular flexibility index (Phi) is 7.26. The van der Waals surface area contributed by atoms with E-state index in [1.54, 1.807) is 12.3 Å². The van der Waals surface area contributed by atoms with Crippen molar-refractivity contribution in [1.82, 2.24) is 5.32 Å². The SMILES string of the molecule is Cc1ccccc1N(CCCC(=O)NCCCc1ccco1)S(C)(=O)=O. The molecule has 7 heteroatoms. The minimum absolute atomic E-state index is 0.0670. The zero-order valence-corrected chi connectivity index (χ0v) is 16.1. The van der Waals surface area contributed by atoms with Crippen LogP contribution in [-0.2, 0) is 21.2 Å². The van der Waals surface area contributed by atoms with E-state index >= 15 is 0 Å². The first kappa shape index (κ1) is 20.0. The predicted molar refractivity (Wildman–Crippen MR) is 103 cm³/mol. The summed E-state index contributed by atoms with van der Waals surface area (Å²) in [6.45, 7) is 2.73. The number of anilines is 1. The van der Waals surface area contributed by atoms with E-state index in [-0.39, 0.29) is 12.5 Å². The van der Waals surface area contributed by atoms with Crippen LogP contribution in [0.15, 0.2) is 47.1 Å². The van der Waals surface area contributed by atoms with E-state index in [0.29, 0.717) is 25.1 Å². The van der Waals surface area contributed by atoms with Gasteiger partial charge in [-0.2, -0.15) is 0 Å². The molecule has 0 unspecified atom stereocenters. The van der Waals surface area contributed by atoms with Gasteiger partial charge in [0, 0.05) is 25.9 Å². The summed E-state index contributed by atoms with van der Waals surface area (Å²) in [5.74, 6) is 0.837. The Balaban J connectivity index is 1.76. The summed E-state index contributed by atoms with van der Waals surface area (Å²) in [4.78, 5) is 11.9. The highest BCUT2D eigenvalue weighted by Crippen LogP contribution is 2.22. The van der Waals surface area contributed by atoms with E-state index in [0.717, 1.165) is 24.2 Å². The highest BCUT2D eigenvalue weighted by atomic mass is 32.2. The Labute approximate surface area is 155 Å². The van der Waals surface area contributed by atoms with Crippen LogP contribution in [0.2, 0.25) is 0 Å². The van der Waals surface area contributed by atoms with Gasteiger partial charge in [-0.3, -0.25) is 9.10 Å². The van der Waals surface area contributed by atoms with Crippen molar-refractivity contribution >= 4 is 21.6 Å². The number of hydrogen-bond acceptors (Lipinski definition) is 4. The lowest BCUT2D eigenvalue weighted by Crippen LogP contribution is -2.32. The molecule has 0 aliphatic rings. The number of hydrogen-bond donors (Lipinski definition) is 1. The van der Waals surface area contributed by atoms with Gasteiger partial charge >= 0.3 is 0 Å². The van der Waals surface area contributed by atoms with Crippen molar-refractivity contribution in [1.29, 1.82) is 0 Å². The summed E-state index contributed by atoms with van der Waals surface area (Å²) in [7, 11) is -3.39. The molecule has 0 aliphatic heterocycles. The lowest BCUT2D eigenvalue weighted by Gasteiger charge is -2.24. The van der Waals surface area contributed by atoms with Gasteiger partial charge in [0.15, 0.2) is 0 Å². The molecule has 26 heavy (non-hydrogen) atoms. The summed E-state index contributed by atoms with van der Waals surface area (Å²) >= 11 is 0. The Morgan fingerprint density at radius 1 is 1.15 bits per heavy atom. The van der Waals surface area contributed by atoms with Crippen LogP contribution in [0.1, 0.15) is 30.6 Å². The van der Waals surface area contributed by atoms with Crippen LogP contribution >= 0.6 is 0 Å². The van der Waals surface area contributed by atoms with Crippen LogP contribution in [0.5, 0.6) is 0 Å². The van der Waals surface area contributed by atoms with Gasteiger partial charge in [-0.05, 0) is 43.5 Å². The topological polar surface area (TPSA) is 79.6 Å². The largest absolute Gasteiger partial charge is 0.469 e. The number of carbonyl (C=O) groups excluding carboxylic acids is 1. The lowest BCUT2D eigenvalue weighted by molar-refractivity contribution is -0.121. The number of amides is 1. The Morgan fingerprint density at radius 3 is 2.58 bits per heavy atom. The van der Waals surface area contributed by atoms with E-state index in [9.17, 15) is 13.2 Å². The quantitative estimate of drug-likeness (QED) is 0.645. The predicted octanol–water partition coefficient (Wildman–Crippen LogP) is 2.88. The minimum atomic E-state index is -3.39. The summed E-state index contributed by atoms with van der Waals surface area (Å²) in [5.41, 5.74) is 1.55. The molecule has 0 aliphatic carbocycles. The second-order valence-electron chi connectivity index (χ2n) is 6.26. The fraction of sp³-hybridized carbons (Fsp3) is 0.421. The van der Waals surface area contributed by atoms with Crippen LogP contribution in [0.25, 0.3) is 0 Å². The van der Waals surface area contributed by atoms with Gasteiger partial charge in [-0.1, -0.05) is 18.2 Å². The van der Waals surface area contributed by atoms with E-state index in [1.807, 2.05) is 37.3 Å². The third kappa shape index (κ3) is 6.22. The zero-order valence-electron chi connectivity index (χ0n) is 15.3. The number of sulfonamides is 1. The van der Waals surface area contributed by atoms with Crippen molar-refractivity contribution in [2.45, 2.75) is 32.6 Å². The van der Waals surface area contributed by atoms with Gasteiger partial charge in [0.1, 0.15) is 5.76 Å². The van der Waals surface area contributed by atoms with Crippen molar-refractivity contribution in [2.75, 3.05) is 23.7 Å². The molecule has 0 bridgehead atoms. The molecule has 0 fully saturated rings. The van der Waals surface area contributed by atoms with E-state index in [2.05, 4.69) is 5.32 Å². The number of furan rings is 1. The van der Waals surface area contributed by atoms with E-state index in [1.165, 1.54) is 10.6 Å². The number of nitrogens with one attached hydrogen (secondary N) is 1. The smallest absolute Gasteiger partial charge is 0.232 e. The van der Waals surface area contributed by atoms with Crippen molar-refractivity contribution < 1.29 is 17.6 Å². The lowest BCUT2D eigenvalue weighted by atomic mass is 10.2. The van der Waals surface area contributed by atoms with Gasteiger partial charge in [0.25, 0.3) is 0 Å². The van der Waals surface area contributed by atoms with E-state index in [4.69, 9.17) is 4.42 Å². The zero-order chi connectivity index (χ0) is 19.0. The monoisotopic (exact) mass is 378 g/mol. The van der Waals surface area contributed by atoms with Crippen molar-refractivity contribution in [3.05, 3.63) is 54.0 Å². The summed E-state index contributed by atoms with van der Waals surface area (Å²) in [5, 5.41) is 2.86. The molecule has 1 aromatic heterocycles. The first-order chi connectivity index (χ1) is 12.4. The molecule has 142 valence electrons. The van der Waals surface area contributed by atoms with Crippen LogP contribution in [0, 0.1) is 6.92 Å². The highest BCUT2D eigenvalue weighted by Gasteiger charge is 2.18. The average Bonchev–Trinajstić information content (AvgIpc) is 3.09. The average molecular weight is 378 g/mol. The van der Waals surface area contributed by atoms with Crippen molar-refractivity contribution in [3.8, 4) is 0 Å². The number of aryl methyl sites for hydroxylation is 2. The van der Waals surface area contributed by atoms with Gasteiger partial charge in [-0.25, -0.2) is 8.42 Å². The van der Waals surface area contributed by atoms with Crippen LogP contribution in [0.3, 0.4) is 0 Å². The maximum Gasteiger partial charge on any atom is 0.232 e. The van der Waals surface area contributed by atoms with Gasteiger partial charge in [0.05, 0.1) is 18.2 Å². The fourth-order valence-electron chi connectivity index (χ4n) is 2.73. The molecule has 0 atom stereocenters. The van der Waals surface area contributed by atoms with Gasteiger partial charge < -0.3 is 9.73 Å². The summed E-state index contributed by atoms with van der Waals surface area (Å²) in [6.07, 6.45) is 5.16. The van der Waals surface area contributed by atoms with Gasteiger partial charge in [-0.15, -0.1) is 0 Å². The first-order valence-corrected chi connectivity index (χ1v) is 10.5. The molecule has 1 amide bonds. The second kappa shape index (κ2) is 9.43. The molecule has 0 saturated heterocycles. The molecule has 1 N–H and O–H groups in total. The molecule has 0 radical (unpaired) electrons. The summed E-state index contributed by atoms with van der Waals surface area (Å²) in [6, 6.07) is 11.1. The standard InChI is InChI=1S/C19H26N2O4S/c1-16-8-3-4-11-18(16)21(26(2,23)24)14-6-12-19(22)20-13-5-9-17-10-7-15-25-17/h3-4,7-8,10-11,15H,5-6,9,12-14H2,1-2H3,(H,20,22). The fourth-order valence-corrected chi connectivity index (χ4v) is 3.75. The summed E-state index contributed by atoms with van der Waals surface area (Å²) < 4.78 is 30.8. The molecule has 2 aromatic rings. The molecule has 1 heterocycles. The number of para-hydroxylation sites is 1. The first-order valence-electron chi connectivity index (χ1n) is 8.70. The minimum Gasteiger partial charge on any atom is -0.469 e. The maximum atomic E-state index is 12.1. The normalized spacial score (nSPS) is 11.3. The molecule has 2 rings (SSSR count). The maximum absolute atomic E-state index is 12.1. The molecular weight excluding hydrogens is 352 g/mol. The van der Waals surface area contributed by atoms with Crippen LogP contribution in [-0.4, -0.2) is 33.7 Å². The molecule has 1 aromatic carbocycles. The molecule has 0 spiro atoms. The Morgan fingerprint density at radius 2 is 1.92 bits per heavy atom. The highest BCUT2D eigenvalue weighted by molar-refractivity contribution is 7.92. The second-order valence-corrected chi connectivity index (χ2v) is 8.16. The van der Waals surface area contributed by atoms with E-state index < -0.39 is 10.0 Å².